The molecule has 0 aromatic heterocycles. The van der Waals surface area contributed by atoms with Crippen LogP contribution >= 0.6 is 0 Å². The molecule has 2 heterocycles. The predicted octanol–water partition coefficient (Wildman–Crippen LogP) is 3.26. The summed E-state index contributed by atoms with van der Waals surface area (Å²) in [4.78, 5) is 15.2. The van der Waals surface area contributed by atoms with E-state index in [1.54, 1.807) is 0 Å². The van der Waals surface area contributed by atoms with Crippen LogP contribution in [0.4, 0.5) is 0 Å². The lowest BCUT2D eigenvalue weighted by molar-refractivity contribution is -0.123. The third kappa shape index (κ3) is 3.02. The maximum absolute atomic E-state index is 12.8. The van der Waals surface area contributed by atoms with Crippen molar-refractivity contribution >= 4 is 5.78 Å². The molecule has 2 aromatic carbocycles. The summed E-state index contributed by atoms with van der Waals surface area (Å²) < 4.78 is 5.77. The van der Waals surface area contributed by atoms with Crippen molar-refractivity contribution < 1.29 is 9.53 Å². The minimum atomic E-state index is 0.0543. The molecule has 24 heavy (non-hydrogen) atoms. The highest BCUT2D eigenvalue weighted by atomic mass is 16.5. The summed E-state index contributed by atoms with van der Waals surface area (Å²) in [6.45, 7) is 3.02. The van der Waals surface area contributed by atoms with Gasteiger partial charge in [-0.1, -0.05) is 60.7 Å². The third-order valence-electron chi connectivity index (χ3n) is 5.36. The molecule has 3 heteroatoms. The SMILES string of the molecule is O=C1CCOC[C@H]2[C@@H]1[C@H](c1ccccc1)CN2Cc1ccccc1. The van der Waals surface area contributed by atoms with E-state index in [1.165, 1.54) is 11.1 Å². The van der Waals surface area contributed by atoms with Gasteiger partial charge in [-0.15, -0.1) is 0 Å². The van der Waals surface area contributed by atoms with E-state index >= 15 is 0 Å². The first-order valence-corrected chi connectivity index (χ1v) is 8.76. The molecule has 0 unspecified atom stereocenters. The van der Waals surface area contributed by atoms with E-state index in [9.17, 15) is 4.79 Å². The highest BCUT2D eigenvalue weighted by Gasteiger charge is 2.46. The number of ketones is 1. The summed E-state index contributed by atoms with van der Waals surface area (Å²) in [6, 6.07) is 21.2. The molecule has 0 N–H and O–H groups in total. The zero-order valence-electron chi connectivity index (χ0n) is 13.8. The van der Waals surface area contributed by atoms with Gasteiger partial charge in [-0.05, 0) is 11.1 Å². The second-order valence-electron chi connectivity index (χ2n) is 6.82. The smallest absolute Gasteiger partial charge is 0.140 e. The zero-order valence-corrected chi connectivity index (χ0v) is 13.8. The van der Waals surface area contributed by atoms with E-state index in [-0.39, 0.29) is 17.9 Å². The number of hydrogen-bond donors (Lipinski definition) is 0. The summed E-state index contributed by atoms with van der Waals surface area (Å²) in [5, 5.41) is 0. The molecule has 3 nitrogen and oxygen atoms in total. The van der Waals surface area contributed by atoms with Gasteiger partial charge in [0.15, 0.2) is 0 Å². The molecule has 0 spiro atoms. The lowest BCUT2D eigenvalue weighted by Crippen LogP contribution is -2.37. The number of nitrogens with zero attached hydrogens (tertiary/aromatic N) is 1. The maximum Gasteiger partial charge on any atom is 0.140 e. The van der Waals surface area contributed by atoms with Crippen LogP contribution < -0.4 is 0 Å². The van der Waals surface area contributed by atoms with E-state index in [2.05, 4.69) is 53.4 Å². The molecule has 0 aliphatic carbocycles. The molecule has 0 saturated carbocycles. The fraction of sp³-hybridized carbons (Fsp3) is 0.381. The Morgan fingerprint density at radius 3 is 2.46 bits per heavy atom. The van der Waals surface area contributed by atoms with Crippen LogP contribution in [0.15, 0.2) is 60.7 Å². The molecular weight excluding hydrogens is 298 g/mol. The Morgan fingerprint density at radius 2 is 1.71 bits per heavy atom. The van der Waals surface area contributed by atoms with Crippen LogP contribution in [0.25, 0.3) is 0 Å². The summed E-state index contributed by atoms with van der Waals surface area (Å²) in [6.07, 6.45) is 0.545. The van der Waals surface area contributed by atoms with Gasteiger partial charge < -0.3 is 4.74 Å². The normalized spacial score (nSPS) is 27.7. The molecule has 2 saturated heterocycles. The first-order chi connectivity index (χ1) is 11.8. The first-order valence-electron chi connectivity index (χ1n) is 8.76. The number of carbonyl (C=O) groups is 1. The Morgan fingerprint density at radius 1 is 1.00 bits per heavy atom. The Hall–Kier alpha value is -1.97. The zero-order chi connectivity index (χ0) is 16.4. The van der Waals surface area contributed by atoms with E-state index in [1.807, 2.05) is 12.1 Å². The minimum Gasteiger partial charge on any atom is -0.379 e. The monoisotopic (exact) mass is 321 g/mol. The van der Waals surface area contributed by atoms with Crippen molar-refractivity contribution in [1.82, 2.24) is 4.90 Å². The number of rotatable bonds is 3. The number of benzene rings is 2. The van der Waals surface area contributed by atoms with Crippen LogP contribution in [0.5, 0.6) is 0 Å². The summed E-state index contributed by atoms with van der Waals surface area (Å²) in [5.74, 6) is 0.689. The van der Waals surface area contributed by atoms with Crippen molar-refractivity contribution in [2.75, 3.05) is 19.8 Å². The van der Waals surface area contributed by atoms with Gasteiger partial charge >= 0.3 is 0 Å². The van der Waals surface area contributed by atoms with Gasteiger partial charge in [-0.3, -0.25) is 9.69 Å². The Labute approximate surface area is 143 Å². The highest BCUT2D eigenvalue weighted by Crippen LogP contribution is 2.40. The molecular formula is C21H23NO2. The molecule has 4 rings (SSSR count). The fourth-order valence-electron chi connectivity index (χ4n) is 4.20. The quantitative estimate of drug-likeness (QED) is 0.869. The number of carbonyl (C=O) groups excluding carboxylic acids is 1. The highest BCUT2D eigenvalue weighted by molar-refractivity contribution is 5.83. The van der Waals surface area contributed by atoms with E-state index < -0.39 is 0 Å². The molecule has 0 radical (unpaired) electrons. The van der Waals surface area contributed by atoms with Gasteiger partial charge in [0.1, 0.15) is 5.78 Å². The number of fused-ring (bicyclic) bond motifs is 1. The fourth-order valence-corrected chi connectivity index (χ4v) is 4.20. The molecule has 2 aliphatic heterocycles. The predicted molar refractivity (Wildman–Crippen MR) is 93.8 cm³/mol. The number of likely N-dealkylation sites (tertiary alicyclic amines) is 1. The number of ether oxygens (including phenoxy) is 1. The Bertz CT molecular complexity index is 685. The molecule has 124 valence electrons. The average Bonchev–Trinajstić information content (AvgIpc) is 2.87. The third-order valence-corrected chi connectivity index (χ3v) is 5.36. The molecule has 2 aliphatic rings. The van der Waals surface area contributed by atoms with Gasteiger partial charge in [0.2, 0.25) is 0 Å². The van der Waals surface area contributed by atoms with Gasteiger partial charge in [0, 0.05) is 37.4 Å². The number of hydrogen-bond acceptors (Lipinski definition) is 3. The van der Waals surface area contributed by atoms with Crippen LogP contribution in [0, 0.1) is 5.92 Å². The van der Waals surface area contributed by atoms with Crippen LogP contribution in [-0.4, -0.2) is 36.5 Å². The molecule has 0 bridgehead atoms. The molecule has 0 amide bonds. The van der Waals surface area contributed by atoms with Crippen LogP contribution in [0.2, 0.25) is 0 Å². The minimum absolute atomic E-state index is 0.0543. The Kier molecular flexibility index (Phi) is 4.46. The second kappa shape index (κ2) is 6.88. The molecule has 2 fully saturated rings. The Balaban J connectivity index is 1.64. The van der Waals surface area contributed by atoms with Gasteiger partial charge in [0.05, 0.1) is 13.2 Å². The van der Waals surface area contributed by atoms with E-state index in [0.717, 1.165) is 13.1 Å². The summed E-state index contributed by atoms with van der Waals surface area (Å²) in [5.41, 5.74) is 2.57. The maximum atomic E-state index is 12.8. The molecule has 3 atom stereocenters. The van der Waals surface area contributed by atoms with Crippen LogP contribution in [0.1, 0.15) is 23.5 Å². The van der Waals surface area contributed by atoms with Crippen molar-refractivity contribution in [3.05, 3.63) is 71.8 Å². The van der Waals surface area contributed by atoms with Crippen molar-refractivity contribution in [2.24, 2.45) is 5.92 Å². The summed E-state index contributed by atoms with van der Waals surface area (Å²) >= 11 is 0. The van der Waals surface area contributed by atoms with E-state index in [4.69, 9.17) is 4.74 Å². The van der Waals surface area contributed by atoms with Gasteiger partial charge in [0.25, 0.3) is 0 Å². The van der Waals surface area contributed by atoms with Crippen molar-refractivity contribution in [2.45, 2.75) is 24.9 Å². The van der Waals surface area contributed by atoms with Crippen molar-refractivity contribution in [3.63, 3.8) is 0 Å². The second-order valence-corrected chi connectivity index (χ2v) is 6.82. The largest absolute Gasteiger partial charge is 0.379 e. The van der Waals surface area contributed by atoms with Crippen LogP contribution in [-0.2, 0) is 16.1 Å². The lowest BCUT2D eigenvalue weighted by Gasteiger charge is -2.25. The lowest BCUT2D eigenvalue weighted by atomic mass is 9.82. The van der Waals surface area contributed by atoms with Crippen molar-refractivity contribution in [3.8, 4) is 0 Å². The first kappa shape index (κ1) is 15.6. The standard InChI is InChI=1S/C21H23NO2/c23-20-11-12-24-15-19-21(20)18(17-9-5-2-6-10-17)14-22(19)13-16-7-3-1-4-8-16/h1-10,18-19,21H,11-15H2/t18-,19-,21-/m0/s1. The number of Topliss-reactive ketones (excluding diaryl/α,β-unsaturated/α-hetero) is 1. The summed E-state index contributed by atoms with van der Waals surface area (Å²) in [7, 11) is 0. The van der Waals surface area contributed by atoms with E-state index in [0.29, 0.717) is 25.4 Å². The van der Waals surface area contributed by atoms with Gasteiger partial charge in [-0.2, -0.15) is 0 Å². The molecule has 2 aromatic rings. The van der Waals surface area contributed by atoms with Gasteiger partial charge in [-0.25, -0.2) is 0 Å². The topological polar surface area (TPSA) is 29.5 Å². The average molecular weight is 321 g/mol. The van der Waals surface area contributed by atoms with Crippen LogP contribution in [0.3, 0.4) is 0 Å². The van der Waals surface area contributed by atoms with Crippen molar-refractivity contribution in [1.29, 1.82) is 0 Å².